The topological polar surface area (TPSA) is 49.4 Å². The number of hydrogen-bond donors (Lipinski definition) is 1. The lowest BCUT2D eigenvalue weighted by Gasteiger charge is -2.30. The molecular weight excluding hydrogens is 291 g/mol. The predicted octanol–water partition coefficient (Wildman–Crippen LogP) is 2.23. The molecule has 0 amide bonds. The van der Waals surface area contributed by atoms with Gasteiger partial charge in [0.05, 0.1) is 4.90 Å². The highest BCUT2D eigenvalue weighted by molar-refractivity contribution is 7.89. The Morgan fingerprint density at radius 1 is 1.33 bits per heavy atom. The van der Waals surface area contributed by atoms with Crippen LogP contribution in [0.2, 0.25) is 0 Å². The minimum atomic E-state index is -3.53. The molecule has 1 heterocycles. The van der Waals surface area contributed by atoms with Gasteiger partial charge < -0.3 is 4.90 Å². The van der Waals surface area contributed by atoms with Gasteiger partial charge in [-0.15, -0.1) is 0 Å². The molecule has 0 spiro atoms. The number of hydrogen-bond acceptors (Lipinski definition) is 3. The quantitative estimate of drug-likeness (QED) is 0.819. The zero-order valence-corrected chi connectivity index (χ0v) is 13.2. The Morgan fingerprint density at radius 2 is 2.05 bits per heavy atom. The zero-order chi connectivity index (χ0) is 15.3. The first-order chi connectivity index (χ1) is 9.97. The monoisotopic (exact) mass is 314 g/mol. The van der Waals surface area contributed by atoms with Crippen LogP contribution < -0.4 is 4.72 Å². The zero-order valence-electron chi connectivity index (χ0n) is 12.4. The SMILES string of the molecule is CC1CCCN(CCCNS(=O)(=O)c2ccc(F)cc2)C1. The summed E-state index contributed by atoms with van der Waals surface area (Å²) in [6.45, 7) is 5.78. The van der Waals surface area contributed by atoms with Crippen LogP contribution in [-0.2, 0) is 10.0 Å². The molecule has 0 saturated carbocycles. The summed E-state index contributed by atoms with van der Waals surface area (Å²) < 4.78 is 39.4. The van der Waals surface area contributed by atoms with Gasteiger partial charge in [-0.3, -0.25) is 0 Å². The average Bonchev–Trinajstić information content (AvgIpc) is 2.44. The Labute approximate surface area is 126 Å². The highest BCUT2D eigenvalue weighted by Crippen LogP contribution is 2.15. The fourth-order valence-electron chi connectivity index (χ4n) is 2.70. The minimum absolute atomic E-state index is 0.107. The summed E-state index contributed by atoms with van der Waals surface area (Å²) in [6, 6.07) is 4.88. The molecule has 1 fully saturated rings. The lowest BCUT2D eigenvalue weighted by Crippen LogP contribution is -2.36. The second kappa shape index (κ2) is 7.33. The molecule has 21 heavy (non-hydrogen) atoms. The predicted molar refractivity (Wildman–Crippen MR) is 81.0 cm³/mol. The number of benzene rings is 1. The molecule has 0 aliphatic carbocycles. The lowest BCUT2D eigenvalue weighted by molar-refractivity contribution is 0.182. The van der Waals surface area contributed by atoms with Crippen LogP contribution in [0.25, 0.3) is 0 Å². The molecule has 2 rings (SSSR count). The van der Waals surface area contributed by atoms with Crippen LogP contribution in [0.1, 0.15) is 26.2 Å². The van der Waals surface area contributed by atoms with Gasteiger partial charge in [0.15, 0.2) is 0 Å². The molecule has 4 nitrogen and oxygen atoms in total. The first-order valence-corrected chi connectivity index (χ1v) is 8.93. The third-order valence-electron chi connectivity index (χ3n) is 3.81. The largest absolute Gasteiger partial charge is 0.303 e. The number of nitrogens with zero attached hydrogens (tertiary/aromatic N) is 1. The fourth-order valence-corrected chi connectivity index (χ4v) is 3.77. The Hall–Kier alpha value is -0.980. The van der Waals surface area contributed by atoms with E-state index in [1.54, 1.807) is 0 Å². The number of likely N-dealkylation sites (tertiary alicyclic amines) is 1. The van der Waals surface area contributed by atoms with Crippen molar-refractivity contribution in [2.24, 2.45) is 5.92 Å². The maximum atomic E-state index is 12.8. The van der Waals surface area contributed by atoms with Crippen LogP contribution in [0.15, 0.2) is 29.2 Å². The maximum absolute atomic E-state index is 12.8. The van der Waals surface area contributed by atoms with Crippen LogP contribution >= 0.6 is 0 Å². The van der Waals surface area contributed by atoms with Crippen LogP contribution in [0.4, 0.5) is 4.39 Å². The maximum Gasteiger partial charge on any atom is 0.240 e. The molecule has 6 heteroatoms. The normalized spacial score (nSPS) is 20.6. The Bertz CT molecular complexity index is 545. The third kappa shape index (κ3) is 5.05. The molecule has 1 aromatic rings. The number of rotatable bonds is 6. The van der Waals surface area contributed by atoms with Gasteiger partial charge in [-0.25, -0.2) is 17.5 Å². The summed E-state index contributed by atoms with van der Waals surface area (Å²) in [7, 11) is -3.53. The first-order valence-electron chi connectivity index (χ1n) is 7.45. The second-order valence-electron chi connectivity index (χ2n) is 5.75. The van der Waals surface area contributed by atoms with Gasteiger partial charge in [-0.1, -0.05) is 6.92 Å². The number of piperidine rings is 1. The van der Waals surface area contributed by atoms with Crippen molar-refractivity contribution < 1.29 is 12.8 Å². The first kappa shape index (κ1) is 16.4. The molecule has 1 aromatic carbocycles. The van der Waals surface area contributed by atoms with E-state index in [-0.39, 0.29) is 4.90 Å². The van der Waals surface area contributed by atoms with Crippen molar-refractivity contribution in [1.82, 2.24) is 9.62 Å². The summed E-state index contributed by atoms with van der Waals surface area (Å²) in [6.07, 6.45) is 3.29. The van der Waals surface area contributed by atoms with Crippen molar-refractivity contribution in [2.75, 3.05) is 26.2 Å². The van der Waals surface area contributed by atoms with E-state index in [1.807, 2.05) is 0 Å². The van der Waals surface area contributed by atoms with Crippen LogP contribution in [0, 0.1) is 11.7 Å². The van der Waals surface area contributed by atoms with Gasteiger partial charge in [0.2, 0.25) is 10.0 Å². The van der Waals surface area contributed by atoms with Crippen molar-refractivity contribution in [1.29, 1.82) is 0 Å². The smallest absolute Gasteiger partial charge is 0.240 e. The lowest BCUT2D eigenvalue weighted by atomic mass is 10.0. The average molecular weight is 314 g/mol. The van der Waals surface area contributed by atoms with E-state index in [0.717, 1.165) is 44.1 Å². The van der Waals surface area contributed by atoms with E-state index < -0.39 is 15.8 Å². The van der Waals surface area contributed by atoms with E-state index >= 15 is 0 Å². The molecule has 0 radical (unpaired) electrons. The van der Waals surface area contributed by atoms with E-state index in [9.17, 15) is 12.8 Å². The van der Waals surface area contributed by atoms with Gasteiger partial charge in [-0.2, -0.15) is 0 Å². The molecule has 1 N–H and O–H groups in total. The summed E-state index contributed by atoms with van der Waals surface area (Å²) in [4.78, 5) is 2.50. The van der Waals surface area contributed by atoms with Crippen molar-refractivity contribution >= 4 is 10.0 Å². The molecule has 1 saturated heterocycles. The van der Waals surface area contributed by atoms with Crippen molar-refractivity contribution in [3.63, 3.8) is 0 Å². The summed E-state index contributed by atoms with van der Waals surface area (Å²) in [5.74, 6) is 0.294. The van der Waals surface area contributed by atoms with E-state index in [0.29, 0.717) is 6.54 Å². The van der Waals surface area contributed by atoms with Gasteiger partial charge >= 0.3 is 0 Å². The summed E-state index contributed by atoms with van der Waals surface area (Å²) in [5.41, 5.74) is 0. The molecule has 0 aromatic heterocycles. The van der Waals surface area contributed by atoms with Gasteiger partial charge in [0.1, 0.15) is 5.82 Å². The Balaban J connectivity index is 1.76. The Kier molecular flexibility index (Phi) is 5.72. The standard InChI is InChI=1S/C15H23FN2O2S/c1-13-4-2-10-18(12-13)11-3-9-17-21(19,20)15-7-5-14(16)6-8-15/h5-8,13,17H,2-4,9-12H2,1H3. The van der Waals surface area contributed by atoms with Gasteiger partial charge in [-0.05, 0) is 62.5 Å². The van der Waals surface area contributed by atoms with E-state index in [4.69, 9.17) is 0 Å². The fraction of sp³-hybridized carbons (Fsp3) is 0.600. The van der Waals surface area contributed by atoms with Crippen LogP contribution in [0.5, 0.6) is 0 Å². The third-order valence-corrected chi connectivity index (χ3v) is 5.29. The Morgan fingerprint density at radius 3 is 2.71 bits per heavy atom. The summed E-state index contributed by atoms with van der Waals surface area (Å²) in [5, 5.41) is 0. The van der Waals surface area contributed by atoms with Gasteiger partial charge in [0.25, 0.3) is 0 Å². The van der Waals surface area contributed by atoms with Crippen LogP contribution in [-0.4, -0.2) is 39.5 Å². The highest BCUT2D eigenvalue weighted by Gasteiger charge is 2.16. The molecule has 1 aliphatic rings. The number of sulfonamides is 1. The number of halogens is 1. The molecular formula is C15H23FN2O2S. The van der Waals surface area contributed by atoms with Crippen molar-refractivity contribution in [3.05, 3.63) is 30.1 Å². The van der Waals surface area contributed by atoms with Crippen molar-refractivity contribution in [2.45, 2.75) is 31.1 Å². The highest BCUT2D eigenvalue weighted by atomic mass is 32.2. The van der Waals surface area contributed by atoms with E-state index in [2.05, 4.69) is 16.5 Å². The van der Waals surface area contributed by atoms with E-state index in [1.165, 1.54) is 25.0 Å². The molecule has 1 unspecified atom stereocenters. The summed E-state index contributed by atoms with van der Waals surface area (Å²) >= 11 is 0. The minimum Gasteiger partial charge on any atom is -0.303 e. The molecule has 1 atom stereocenters. The molecule has 118 valence electrons. The van der Waals surface area contributed by atoms with Crippen molar-refractivity contribution in [3.8, 4) is 0 Å². The molecule has 0 bridgehead atoms. The molecule has 1 aliphatic heterocycles. The van der Waals surface area contributed by atoms with Gasteiger partial charge in [0, 0.05) is 13.1 Å². The number of nitrogens with one attached hydrogen (secondary N) is 1. The second-order valence-corrected chi connectivity index (χ2v) is 7.52. The van der Waals surface area contributed by atoms with Crippen LogP contribution in [0.3, 0.4) is 0 Å².